The zero-order valence-corrected chi connectivity index (χ0v) is 17.5. The summed E-state index contributed by atoms with van der Waals surface area (Å²) < 4.78 is 14.0. The first-order valence-corrected chi connectivity index (χ1v) is 11.0. The van der Waals surface area contributed by atoms with Crippen molar-refractivity contribution in [2.75, 3.05) is 6.54 Å². The number of amides is 3. The van der Waals surface area contributed by atoms with E-state index in [-0.39, 0.29) is 42.8 Å². The monoisotopic (exact) mass is 451 g/mol. The molecule has 4 aliphatic rings. The van der Waals surface area contributed by atoms with Crippen molar-refractivity contribution in [2.24, 2.45) is 17.8 Å². The van der Waals surface area contributed by atoms with E-state index in [0.717, 1.165) is 41.5 Å². The molecule has 5 rings (SSSR count). The molecule has 0 heterocycles. The third-order valence-corrected chi connectivity index (χ3v) is 7.31. The lowest BCUT2D eigenvalue weighted by atomic mass is 9.53. The SMILES string of the molecule is O=C(CCNC(=O)NC12CC3CC(CC(C3)C1)C2)NCc1cc(F)ccc1Br. The van der Waals surface area contributed by atoms with Gasteiger partial charge in [0.05, 0.1) is 0 Å². The fourth-order valence-corrected chi connectivity index (χ4v) is 6.19. The summed E-state index contributed by atoms with van der Waals surface area (Å²) >= 11 is 3.34. The van der Waals surface area contributed by atoms with Crippen LogP contribution in [0, 0.1) is 23.6 Å². The average molecular weight is 452 g/mol. The highest BCUT2D eigenvalue weighted by Crippen LogP contribution is 2.55. The second-order valence-electron chi connectivity index (χ2n) is 8.84. The molecule has 3 amide bonds. The molecule has 4 aliphatic carbocycles. The summed E-state index contributed by atoms with van der Waals surface area (Å²) in [6.07, 6.45) is 7.53. The molecule has 4 saturated carbocycles. The Hall–Kier alpha value is -1.63. The van der Waals surface area contributed by atoms with Crippen LogP contribution in [0.4, 0.5) is 9.18 Å². The van der Waals surface area contributed by atoms with Crippen molar-refractivity contribution >= 4 is 27.9 Å². The Labute approximate surface area is 173 Å². The number of carbonyl (C=O) groups is 2. The minimum atomic E-state index is -0.338. The third kappa shape index (κ3) is 4.50. The topological polar surface area (TPSA) is 70.2 Å². The largest absolute Gasteiger partial charge is 0.352 e. The molecule has 3 N–H and O–H groups in total. The van der Waals surface area contributed by atoms with Gasteiger partial charge >= 0.3 is 6.03 Å². The fraction of sp³-hybridized carbons (Fsp3) is 0.619. The van der Waals surface area contributed by atoms with Crippen LogP contribution in [0.2, 0.25) is 0 Å². The predicted octanol–water partition coefficient (Wildman–Crippen LogP) is 3.86. The number of benzene rings is 1. The Morgan fingerprint density at radius 2 is 1.71 bits per heavy atom. The third-order valence-electron chi connectivity index (χ3n) is 6.54. The second-order valence-corrected chi connectivity index (χ2v) is 9.70. The number of urea groups is 1. The van der Waals surface area contributed by atoms with E-state index in [1.54, 1.807) is 6.07 Å². The number of nitrogens with one attached hydrogen (secondary N) is 3. The molecular formula is C21H27BrFN3O2. The molecule has 0 saturated heterocycles. The Bertz CT molecular complexity index is 735. The van der Waals surface area contributed by atoms with Gasteiger partial charge in [0.2, 0.25) is 5.91 Å². The van der Waals surface area contributed by atoms with E-state index in [4.69, 9.17) is 0 Å². The first kappa shape index (κ1) is 19.7. The van der Waals surface area contributed by atoms with Gasteiger partial charge in [-0.2, -0.15) is 0 Å². The van der Waals surface area contributed by atoms with Crippen molar-refractivity contribution in [3.8, 4) is 0 Å². The molecule has 1 aromatic rings. The van der Waals surface area contributed by atoms with Crippen molar-refractivity contribution in [1.82, 2.24) is 16.0 Å². The number of halogens is 2. The summed E-state index contributed by atoms with van der Waals surface area (Å²) in [6, 6.07) is 4.21. The van der Waals surface area contributed by atoms with Crippen molar-refractivity contribution in [3.05, 3.63) is 34.1 Å². The summed E-state index contributed by atoms with van der Waals surface area (Å²) in [5.41, 5.74) is 0.658. The van der Waals surface area contributed by atoms with E-state index in [2.05, 4.69) is 31.9 Å². The van der Waals surface area contributed by atoms with Crippen molar-refractivity contribution in [3.63, 3.8) is 0 Å². The lowest BCUT2D eigenvalue weighted by Gasteiger charge is -2.56. The maximum Gasteiger partial charge on any atom is 0.315 e. The zero-order chi connectivity index (χ0) is 19.7. The van der Waals surface area contributed by atoms with Gasteiger partial charge in [0.25, 0.3) is 0 Å². The maximum atomic E-state index is 13.3. The summed E-state index contributed by atoms with van der Waals surface area (Å²) in [7, 11) is 0. The van der Waals surface area contributed by atoms with Gasteiger partial charge in [0, 0.05) is 29.5 Å². The van der Waals surface area contributed by atoms with E-state index < -0.39 is 0 Å². The molecule has 5 nitrogen and oxygen atoms in total. The minimum Gasteiger partial charge on any atom is -0.352 e. The highest BCUT2D eigenvalue weighted by molar-refractivity contribution is 9.10. The molecule has 152 valence electrons. The van der Waals surface area contributed by atoms with Crippen LogP contribution >= 0.6 is 15.9 Å². The lowest BCUT2D eigenvalue weighted by Crippen LogP contribution is -2.61. The minimum absolute atomic E-state index is 0.0231. The van der Waals surface area contributed by atoms with Crippen LogP contribution in [0.5, 0.6) is 0 Å². The van der Waals surface area contributed by atoms with Gasteiger partial charge in [0.1, 0.15) is 5.82 Å². The van der Waals surface area contributed by atoms with Gasteiger partial charge in [0.15, 0.2) is 0 Å². The first-order chi connectivity index (χ1) is 13.4. The van der Waals surface area contributed by atoms with Gasteiger partial charge in [-0.1, -0.05) is 15.9 Å². The van der Waals surface area contributed by atoms with Crippen molar-refractivity contribution in [2.45, 2.75) is 57.0 Å². The van der Waals surface area contributed by atoms with Crippen LogP contribution < -0.4 is 16.0 Å². The smallest absolute Gasteiger partial charge is 0.315 e. The Balaban J connectivity index is 1.18. The number of rotatable bonds is 6. The van der Waals surface area contributed by atoms with Gasteiger partial charge < -0.3 is 16.0 Å². The van der Waals surface area contributed by atoms with Gasteiger partial charge in [-0.15, -0.1) is 0 Å². The van der Waals surface area contributed by atoms with E-state index in [0.29, 0.717) is 5.56 Å². The van der Waals surface area contributed by atoms with E-state index in [9.17, 15) is 14.0 Å². The average Bonchev–Trinajstić information content (AvgIpc) is 2.61. The molecule has 0 aliphatic heterocycles. The molecule has 0 aromatic heterocycles. The van der Waals surface area contributed by atoms with Crippen molar-refractivity contribution in [1.29, 1.82) is 0 Å². The predicted molar refractivity (Wildman–Crippen MR) is 108 cm³/mol. The van der Waals surface area contributed by atoms with Crippen molar-refractivity contribution < 1.29 is 14.0 Å². The second kappa shape index (κ2) is 8.01. The quantitative estimate of drug-likeness (QED) is 0.614. The van der Waals surface area contributed by atoms with Crippen LogP contribution in [0.1, 0.15) is 50.5 Å². The summed E-state index contributed by atoms with van der Waals surface area (Å²) in [6.45, 7) is 0.533. The molecule has 0 spiro atoms. The molecule has 0 atom stereocenters. The van der Waals surface area contributed by atoms with Crippen LogP contribution in [0.25, 0.3) is 0 Å². The number of hydrogen-bond acceptors (Lipinski definition) is 2. The Morgan fingerprint density at radius 1 is 1.07 bits per heavy atom. The van der Waals surface area contributed by atoms with E-state index >= 15 is 0 Å². The normalized spacial score (nSPS) is 30.1. The fourth-order valence-electron chi connectivity index (χ4n) is 5.80. The molecule has 0 unspecified atom stereocenters. The van der Waals surface area contributed by atoms with Gasteiger partial charge in [-0.25, -0.2) is 9.18 Å². The highest BCUT2D eigenvalue weighted by Gasteiger charge is 2.51. The molecule has 0 radical (unpaired) electrons. The Kier molecular flexibility index (Phi) is 5.63. The zero-order valence-electron chi connectivity index (χ0n) is 15.9. The summed E-state index contributed by atoms with van der Waals surface area (Å²) in [4.78, 5) is 24.4. The standard InChI is InChI=1S/C21H27BrFN3O2/c22-18-2-1-17(23)8-16(18)12-25-19(27)3-4-24-20(28)26-21-9-13-5-14(10-21)7-15(6-13)11-21/h1-2,8,13-15H,3-7,9-12H2,(H,25,27)(H2,24,26,28). The molecule has 4 bridgehead atoms. The molecular weight excluding hydrogens is 425 g/mol. The molecule has 4 fully saturated rings. The highest BCUT2D eigenvalue weighted by atomic mass is 79.9. The van der Waals surface area contributed by atoms with Gasteiger partial charge in [-0.3, -0.25) is 4.79 Å². The maximum absolute atomic E-state index is 13.3. The van der Waals surface area contributed by atoms with Crippen LogP contribution in [-0.4, -0.2) is 24.0 Å². The van der Waals surface area contributed by atoms with Crippen LogP contribution in [-0.2, 0) is 11.3 Å². The molecule has 28 heavy (non-hydrogen) atoms. The van der Waals surface area contributed by atoms with Gasteiger partial charge in [-0.05, 0) is 80.0 Å². The first-order valence-electron chi connectivity index (χ1n) is 10.2. The summed E-state index contributed by atoms with van der Waals surface area (Å²) in [5.74, 6) is 1.82. The number of hydrogen-bond donors (Lipinski definition) is 3. The van der Waals surface area contributed by atoms with E-state index in [1.165, 1.54) is 31.4 Å². The van der Waals surface area contributed by atoms with Crippen LogP contribution in [0.15, 0.2) is 22.7 Å². The van der Waals surface area contributed by atoms with E-state index in [1.807, 2.05) is 0 Å². The molecule has 7 heteroatoms. The lowest BCUT2D eigenvalue weighted by molar-refractivity contribution is -0.121. The van der Waals surface area contributed by atoms with Crippen LogP contribution in [0.3, 0.4) is 0 Å². The molecule has 1 aromatic carbocycles. The number of carbonyl (C=O) groups excluding carboxylic acids is 2. The summed E-state index contributed by atoms with van der Waals surface area (Å²) in [5, 5.41) is 8.83. The Morgan fingerprint density at radius 3 is 2.36 bits per heavy atom.